The maximum absolute atomic E-state index is 12.3. The fourth-order valence-electron chi connectivity index (χ4n) is 2.89. The van der Waals surface area contributed by atoms with Crippen molar-refractivity contribution in [1.29, 1.82) is 0 Å². The molecule has 0 radical (unpaired) electrons. The number of carboxylic acids is 1. The molecule has 0 aliphatic carbocycles. The lowest BCUT2D eigenvalue weighted by atomic mass is 9.91. The largest absolute Gasteiger partial charge is 0.479 e. The molecule has 1 aliphatic heterocycles. The molecule has 2 rings (SSSR count). The molecule has 1 aliphatic rings. The molecule has 1 amide bonds. The van der Waals surface area contributed by atoms with Gasteiger partial charge in [-0.05, 0) is 23.5 Å². The Labute approximate surface area is 136 Å². The topological polar surface area (TPSA) is 77.8 Å². The second-order valence-corrected chi connectivity index (χ2v) is 6.81. The zero-order valence-corrected chi connectivity index (χ0v) is 13.8. The van der Waals surface area contributed by atoms with Crippen molar-refractivity contribution in [2.75, 3.05) is 13.1 Å². The number of piperidine rings is 1. The highest BCUT2D eigenvalue weighted by Crippen LogP contribution is 2.23. The van der Waals surface area contributed by atoms with E-state index in [1.165, 1.54) is 5.56 Å². The average Bonchev–Trinajstić information content (AvgIpc) is 2.49. The van der Waals surface area contributed by atoms with E-state index in [2.05, 4.69) is 26.0 Å². The number of amides is 1. The molecule has 126 valence electrons. The summed E-state index contributed by atoms with van der Waals surface area (Å²) >= 11 is 0. The molecule has 5 nitrogen and oxygen atoms in total. The fraction of sp³-hybridized carbons (Fsp3) is 0.556. The van der Waals surface area contributed by atoms with Gasteiger partial charge in [0.1, 0.15) is 0 Å². The number of hydrogen-bond donors (Lipinski definition) is 2. The van der Waals surface area contributed by atoms with Crippen molar-refractivity contribution >= 4 is 11.9 Å². The van der Waals surface area contributed by atoms with E-state index in [4.69, 9.17) is 5.11 Å². The molecule has 0 unspecified atom stereocenters. The molecular formula is C18H25NO4. The highest BCUT2D eigenvalue weighted by atomic mass is 16.4. The van der Waals surface area contributed by atoms with Crippen molar-refractivity contribution in [3.63, 3.8) is 0 Å². The average molecular weight is 319 g/mol. The van der Waals surface area contributed by atoms with Crippen molar-refractivity contribution in [2.24, 2.45) is 5.92 Å². The molecule has 0 saturated carbocycles. The van der Waals surface area contributed by atoms with Gasteiger partial charge >= 0.3 is 5.97 Å². The smallest absolute Gasteiger partial charge is 0.335 e. The van der Waals surface area contributed by atoms with E-state index < -0.39 is 11.6 Å². The first-order valence-corrected chi connectivity index (χ1v) is 8.11. The first kappa shape index (κ1) is 17.5. The van der Waals surface area contributed by atoms with Crippen molar-refractivity contribution in [1.82, 2.24) is 4.90 Å². The Bertz CT molecular complexity index is 557. The molecule has 1 fully saturated rings. The lowest BCUT2D eigenvalue weighted by Crippen LogP contribution is -2.51. The number of aliphatic carboxylic acids is 1. The standard InChI is InChI=1S/C18H25NO4/c1-13(2)11-14-3-5-15(6-4-14)12-16(20)19-9-7-18(23,8-10-19)17(21)22/h3-6,13,23H,7-12H2,1-2H3,(H,21,22). The van der Waals surface area contributed by atoms with Crippen LogP contribution in [0.5, 0.6) is 0 Å². The molecule has 0 bridgehead atoms. The molecule has 1 aromatic carbocycles. The molecular weight excluding hydrogens is 294 g/mol. The number of carbonyl (C=O) groups excluding carboxylic acids is 1. The number of carbonyl (C=O) groups is 2. The zero-order valence-electron chi connectivity index (χ0n) is 13.8. The summed E-state index contributed by atoms with van der Waals surface area (Å²) < 4.78 is 0. The third-order valence-electron chi connectivity index (χ3n) is 4.36. The second-order valence-electron chi connectivity index (χ2n) is 6.81. The van der Waals surface area contributed by atoms with Gasteiger partial charge in [0, 0.05) is 25.9 Å². The van der Waals surface area contributed by atoms with Crippen LogP contribution in [0.4, 0.5) is 0 Å². The summed E-state index contributed by atoms with van der Waals surface area (Å²) in [6.07, 6.45) is 1.50. The van der Waals surface area contributed by atoms with Crippen molar-refractivity contribution in [3.8, 4) is 0 Å². The van der Waals surface area contributed by atoms with Crippen LogP contribution in [-0.2, 0) is 22.4 Å². The molecule has 23 heavy (non-hydrogen) atoms. The predicted octanol–water partition coefficient (Wildman–Crippen LogP) is 1.87. The number of hydrogen-bond acceptors (Lipinski definition) is 3. The highest BCUT2D eigenvalue weighted by molar-refractivity contribution is 5.80. The Morgan fingerprint density at radius 3 is 2.13 bits per heavy atom. The minimum atomic E-state index is -1.69. The fourth-order valence-corrected chi connectivity index (χ4v) is 2.89. The Balaban J connectivity index is 1.89. The van der Waals surface area contributed by atoms with Crippen molar-refractivity contribution in [2.45, 2.75) is 45.1 Å². The summed E-state index contributed by atoms with van der Waals surface area (Å²) in [5, 5.41) is 18.9. The van der Waals surface area contributed by atoms with Crippen molar-refractivity contribution in [3.05, 3.63) is 35.4 Å². The molecule has 2 N–H and O–H groups in total. The molecule has 0 atom stereocenters. The molecule has 0 spiro atoms. The van der Waals surface area contributed by atoms with Gasteiger partial charge in [0.2, 0.25) is 5.91 Å². The Hall–Kier alpha value is -1.88. The summed E-state index contributed by atoms with van der Waals surface area (Å²) in [6, 6.07) is 8.07. The monoisotopic (exact) mass is 319 g/mol. The Morgan fingerprint density at radius 1 is 1.13 bits per heavy atom. The number of aliphatic hydroxyl groups is 1. The van der Waals surface area contributed by atoms with Gasteiger partial charge in [-0.25, -0.2) is 4.79 Å². The van der Waals surface area contributed by atoms with E-state index in [1.807, 2.05) is 12.1 Å². The summed E-state index contributed by atoms with van der Waals surface area (Å²) in [5.74, 6) is -0.622. The van der Waals surface area contributed by atoms with E-state index in [1.54, 1.807) is 4.90 Å². The number of rotatable bonds is 5. The third-order valence-corrected chi connectivity index (χ3v) is 4.36. The minimum absolute atomic E-state index is 0.0194. The second kappa shape index (κ2) is 7.13. The van der Waals surface area contributed by atoms with Crippen molar-refractivity contribution < 1.29 is 19.8 Å². The van der Waals surface area contributed by atoms with Crippen LogP contribution in [0.15, 0.2) is 24.3 Å². The number of likely N-dealkylation sites (tertiary alicyclic amines) is 1. The maximum Gasteiger partial charge on any atom is 0.335 e. The maximum atomic E-state index is 12.3. The first-order valence-electron chi connectivity index (χ1n) is 8.11. The van der Waals surface area contributed by atoms with Gasteiger partial charge in [-0.15, -0.1) is 0 Å². The minimum Gasteiger partial charge on any atom is -0.479 e. The Morgan fingerprint density at radius 2 is 1.65 bits per heavy atom. The van der Waals surface area contributed by atoms with Crippen LogP contribution in [0.25, 0.3) is 0 Å². The van der Waals surface area contributed by atoms with Crippen LogP contribution >= 0.6 is 0 Å². The first-order chi connectivity index (χ1) is 10.8. The highest BCUT2D eigenvalue weighted by Gasteiger charge is 2.40. The quantitative estimate of drug-likeness (QED) is 0.868. The molecule has 5 heteroatoms. The van der Waals surface area contributed by atoms with E-state index in [0.29, 0.717) is 12.3 Å². The zero-order chi connectivity index (χ0) is 17.0. The van der Waals surface area contributed by atoms with Gasteiger partial charge in [0.05, 0.1) is 6.42 Å². The van der Waals surface area contributed by atoms with Gasteiger partial charge in [-0.2, -0.15) is 0 Å². The van der Waals surface area contributed by atoms with Gasteiger partial charge < -0.3 is 15.1 Å². The molecule has 1 saturated heterocycles. The number of benzene rings is 1. The van der Waals surface area contributed by atoms with Crippen LogP contribution < -0.4 is 0 Å². The lowest BCUT2D eigenvalue weighted by Gasteiger charge is -2.35. The van der Waals surface area contributed by atoms with Crippen LogP contribution in [0.2, 0.25) is 0 Å². The summed E-state index contributed by atoms with van der Waals surface area (Å²) in [6.45, 7) is 4.92. The third kappa shape index (κ3) is 4.55. The summed E-state index contributed by atoms with van der Waals surface area (Å²) in [7, 11) is 0. The van der Waals surface area contributed by atoms with Crippen LogP contribution in [0.3, 0.4) is 0 Å². The molecule has 1 aromatic rings. The van der Waals surface area contributed by atoms with Gasteiger partial charge in [-0.1, -0.05) is 38.1 Å². The normalized spacial score (nSPS) is 17.3. The Kier molecular flexibility index (Phi) is 5.42. The van der Waals surface area contributed by atoms with E-state index >= 15 is 0 Å². The van der Waals surface area contributed by atoms with Gasteiger partial charge in [-0.3, -0.25) is 4.79 Å². The van der Waals surface area contributed by atoms with E-state index in [9.17, 15) is 14.7 Å². The van der Waals surface area contributed by atoms with Gasteiger partial charge in [0.15, 0.2) is 5.60 Å². The SMILES string of the molecule is CC(C)Cc1ccc(CC(=O)N2CCC(O)(C(=O)O)CC2)cc1. The summed E-state index contributed by atoms with van der Waals surface area (Å²) in [4.78, 5) is 24.9. The molecule has 1 heterocycles. The summed E-state index contributed by atoms with van der Waals surface area (Å²) in [5.41, 5.74) is 0.539. The lowest BCUT2D eigenvalue weighted by molar-refractivity contribution is -0.165. The number of carboxylic acid groups (broad SMARTS) is 1. The predicted molar refractivity (Wildman–Crippen MR) is 87.1 cm³/mol. The van der Waals surface area contributed by atoms with Crippen LogP contribution in [0.1, 0.15) is 37.8 Å². The van der Waals surface area contributed by atoms with E-state index in [-0.39, 0.29) is 31.8 Å². The van der Waals surface area contributed by atoms with Crippen LogP contribution in [0, 0.1) is 5.92 Å². The molecule has 0 aromatic heterocycles. The van der Waals surface area contributed by atoms with Gasteiger partial charge in [0.25, 0.3) is 0 Å². The van der Waals surface area contributed by atoms with E-state index in [0.717, 1.165) is 12.0 Å². The number of nitrogens with zero attached hydrogens (tertiary/aromatic N) is 1. The van der Waals surface area contributed by atoms with Crippen LogP contribution in [-0.4, -0.2) is 45.7 Å².